The van der Waals surface area contributed by atoms with Crippen molar-refractivity contribution < 1.29 is 23.2 Å². The lowest BCUT2D eigenvalue weighted by molar-refractivity contribution is -0.385. The van der Waals surface area contributed by atoms with Crippen molar-refractivity contribution >= 4 is 46.2 Å². The number of hydrogen-bond acceptors (Lipinski definition) is 5. The van der Waals surface area contributed by atoms with Gasteiger partial charge in [-0.05, 0) is 18.2 Å². The van der Waals surface area contributed by atoms with Crippen molar-refractivity contribution in [1.29, 1.82) is 0 Å². The number of nitro groups is 1. The highest BCUT2D eigenvalue weighted by molar-refractivity contribution is 6.39. The maximum Gasteiger partial charge on any atom is 0.387 e. The molecule has 0 spiro atoms. The van der Waals surface area contributed by atoms with E-state index in [1.807, 2.05) is 0 Å². The Morgan fingerprint density at radius 2 is 1.93 bits per heavy atom. The predicted molar refractivity (Wildman–Crippen MR) is 98.1 cm³/mol. The van der Waals surface area contributed by atoms with E-state index in [0.717, 1.165) is 12.1 Å². The van der Waals surface area contributed by atoms with Crippen LogP contribution in [0.4, 0.5) is 25.8 Å². The van der Waals surface area contributed by atoms with E-state index in [9.17, 15) is 23.7 Å². The van der Waals surface area contributed by atoms with Crippen LogP contribution in [0.15, 0.2) is 36.4 Å². The summed E-state index contributed by atoms with van der Waals surface area (Å²) in [4.78, 5) is 23.6. The summed E-state index contributed by atoms with van der Waals surface area (Å²) >= 11 is 12.0. The number of nitrogens with zero attached hydrogens (tertiary/aromatic N) is 2. The van der Waals surface area contributed by atoms with E-state index in [-0.39, 0.29) is 28.0 Å². The maximum absolute atomic E-state index is 12.6. The van der Waals surface area contributed by atoms with E-state index >= 15 is 0 Å². The molecule has 0 fully saturated rings. The van der Waals surface area contributed by atoms with Crippen molar-refractivity contribution in [3.8, 4) is 5.75 Å². The molecule has 27 heavy (non-hydrogen) atoms. The Bertz CT molecular complexity index is 847. The van der Waals surface area contributed by atoms with E-state index in [4.69, 9.17) is 23.2 Å². The topological polar surface area (TPSA) is 84.7 Å². The highest BCUT2D eigenvalue weighted by atomic mass is 35.5. The number of para-hydroxylation sites is 1. The van der Waals surface area contributed by atoms with Crippen LogP contribution >= 0.6 is 23.2 Å². The fraction of sp³-hybridized carbons (Fsp3) is 0.188. The van der Waals surface area contributed by atoms with E-state index in [1.165, 1.54) is 30.1 Å². The molecule has 144 valence electrons. The van der Waals surface area contributed by atoms with Gasteiger partial charge in [-0.15, -0.1) is 0 Å². The molecule has 0 aliphatic heterocycles. The molecule has 0 heterocycles. The summed E-state index contributed by atoms with van der Waals surface area (Å²) in [5, 5.41) is 13.8. The molecule has 2 rings (SSSR count). The van der Waals surface area contributed by atoms with E-state index < -0.39 is 28.9 Å². The molecule has 0 aliphatic carbocycles. The summed E-state index contributed by atoms with van der Waals surface area (Å²) in [7, 11) is 1.44. The number of rotatable bonds is 7. The zero-order chi connectivity index (χ0) is 20.1. The Kier molecular flexibility index (Phi) is 6.75. The van der Waals surface area contributed by atoms with Gasteiger partial charge in [-0.2, -0.15) is 8.78 Å². The number of halogens is 4. The number of anilines is 2. The van der Waals surface area contributed by atoms with Crippen LogP contribution in [-0.2, 0) is 4.79 Å². The molecule has 0 bridgehead atoms. The fourth-order valence-electron chi connectivity index (χ4n) is 2.22. The van der Waals surface area contributed by atoms with E-state index in [1.54, 1.807) is 6.07 Å². The Labute approximate surface area is 162 Å². The lowest BCUT2D eigenvalue weighted by atomic mass is 10.2. The van der Waals surface area contributed by atoms with Crippen LogP contribution in [0.3, 0.4) is 0 Å². The van der Waals surface area contributed by atoms with Crippen molar-refractivity contribution in [2.45, 2.75) is 6.61 Å². The third-order valence-corrected chi connectivity index (χ3v) is 4.02. The number of carbonyl (C=O) groups is 1. The van der Waals surface area contributed by atoms with Crippen LogP contribution < -0.4 is 15.0 Å². The summed E-state index contributed by atoms with van der Waals surface area (Å²) in [6.07, 6.45) is 0. The first-order valence-corrected chi connectivity index (χ1v) is 8.13. The number of nitrogens with one attached hydrogen (secondary N) is 1. The average molecular weight is 420 g/mol. The third kappa shape index (κ3) is 5.41. The third-order valence-electron chi connectivity index (χ3n) is 3.39. The molecule has 7 nitrogen and oxygen atoms in total. The van der Waals surface area contributed by atoms with Gasteiger partial charge in [-0.1, -0.05) is 29.3 Å². The number of hydrogen-bond donors (Lipinski definition) is 1. The van der Waals surface area contributed by atoms with Crippen LogP contribution in [-0.4, -0.2) is 31.0 Å². The summed E-state index contributed by atoms with van der Waals surface area (Å²) in [6, 6.07) is 7.88. The Balaban J connectivity index is 2.20. The second kappa shape index (κ2) is 8.83. The number of likely N-dealkylation sites (N-methyl/N-ethyl adjacent to an activating group) is 1. The zero-order valence-electron chi connectivity index (χ0n) is 13.8. The zero-order valence-corrected chi connectivity index (χ0v) is 15.3. The SMILES string of the molecule is CN(CC(=O)Nc1c(Cl)cccc1Cl)c1ccc([N+](=O)[O-])cc1OC(F)F. The van der Waals surface area contributed by atoms with Crippen molar-refractivity contribution in [1.82, 2.24) is 0 Å². The number of nitro benzene ring substituents is 1. The molecule has 0 aromatic heterocycles. The highest BCUT2D eigenvalue weighted by Crippen LogP contribution is 2.33. The van der Waals surface area contributed by atoms with Crippen molar-refractivity contribution in [2.75, 3.05) is 23.8 Å². The maximum atomic E-state index is 12.6. The molecule has 0 saturated carbocycles. The summed E-state index contributed by atoms with van der Waals surface area (Å²) in [5.74, 6) is -0.959. The Morgan fingerprint density at radius 3 is 2.48 bits per heavy atom. The van der Waals surface area contributed by atoms with Crippen molar-refractivity contribution in [3.05, 3.63) is 56.6 Å². The number of non-ortho nitro benzene ring substituents is 1. The number of ether oxygens (including phenoxy) is 1. The molecule has 0 saturated heterocycles. The molecule has 0 aliphatic rings. The van der Waals surface area contributed by atoms with Gasteiger partial charge >= 0.3 is 6.61 Å². The van der Waals surface area contributed by atoms with Crippen LogP contribution in [0.5, 0.6) is 5.75 Å². The molecule has 0 radical (unpaired) electrons. The normalized spacial score (nSPS) is 10.6. The summed E-state index contributed by atoms with van der Waals surface area (Å²) in [6.45, 7) is -3.46. The van der Waals surface area contributed by atoms with Gasteiger partial charge in [0.15, 0.2) is 5.75 Å². The molecule has 0 unspecified atom stereocenters. The van der Waals surface area contributed by atoms with Gasteiger partial charge in [0, 0.05) is 13.1 Å². The van der Waals surface area contributed by atoms with E-state index in [0.29, 0.717) is 0 Å². The van der Waals surface area contributed by atoms with Crippen molar-refractivity contribution in [3.63, 3.8) is 0 Å². The molecule has 2 aromatic carbocycles. The van der Waals surface area contributed by atoms with Crippen molar-refractivity contribution in [2.24, 2.45) is 0 Å². The van der Waals surface area contributed by atoms with Gasteiger partial charge in [-0.3, -0.25) is 14.9 Å². The molecular weight excluding hydrogens is 407 g/mol. The molecular formula is C16H13Cl2F2N3O4. The van der Waals surface area contributed by atoms with Crippen LogP contribution in [0.25, 0.3) is 0 Å². The highest BCUT2D eigenvalue weighted by Gasteiger charge is 2.20. The predicted octanol–water partition coefficient (Wildman–Crippen LogP) is 4.58. The monoisotopic (exact) mass is 419 g/mol. The molecule has 11 heteroatoms. The second-order valence-electron chi connectivity index (χ2n) is 5.29. The minimum Gasteiger partial charge on any atom is -0.432 e. The molecule has 1 N–H and O–H groups in total. The molecule has 2 aromatic rings. The minimum absolute atomic E-state index is 0.0707. The first kappa shape index (κ1) is 20.7. The van der Waals surface area contributed by atoms with Crippen LogP contribution in [0, 0.1) is 10.1 Å². The number of amides is 1. The van der Waals surface area contributed by atoms with Gasteiger partial charge in [0.05, 0.1) is 39.0 Å². The van der Waals surface area contributed by atoms with Crippen LogP contribution in [0.1, 0.15) is 0 Å². The van der Waals surface area contributed by atoms with Gasteiger partial charge in [0.25, 0.3) is 5.69 Å². The van der Waals surface area contributed by atoms with E-state index in [2.05, 4.69) is 10.1 Å². The quantitative estimate of drug-likeness (QED) is 0.524. The first-order valence-electron chi connectivity index (χ1n) is 7.37. The second-order valence-corrected chi connectivity index (χ2v) is 6.10. The van der Waals surface area contributed by atoms with Gasteiger partial charge in [0.2, 0.25) is 5.91 Å². The smallest absolute Gasteiger partial charge is 0.387 e. The molecule has 1 amide bonds. The van der Waals surface area contributed by atoms with Gasteiger partial charge in [-0.25, -0.2) is 0 Å². The largest absolute Gasteiger partial charge is 0.432 e. The minimum atomic E-state index is -3.19. The van der Waals surface area contributed by atoms with Gasteiger partial charge < -0.3 is 15.0 Å². The first-order chi connectivity index (χ1) is 12.7. The number of benzene rings is 2. The Morgan fingerprint density at radius 1 is 1.30 bits per heavy atom. The summed E-state index contributed by atoms with van der Waals surface area (Å²) < 4.78 is 29.6. The average Bonchev–Trinajstić information content (AvgIpc) is 2.57. The number of alkyl halides is 2. The Hall–Kier alpha value is -2.65. The summed E-state index contributed by atoms with van der Waals surface area (Å²) in [5.41, 5.74) is -0.136. The standard InChI is InChI=1S/C16H13Cl2F2N3O4/c1-22(8-14(24)21-15-10(17)3-2-4-11(15)18)12-6-5-9(23(25)26)7-13(12)27-16(19)20/h2-7,16H,8H2,1H3,(H,21,24). The molecule has 0 atom stereocenters. The fourth-order valence-corrected chi connectivity index (χ4v) is 2.71. The lowest BCUT2D eigenvalue weighted by Gasteiger charge is -2.22. The lowest BCUT2D eigenvalue weighted by Crippen LogP contribution is -2.30. The van der Waals surface area contributed by atoms with Gasteiger partial charge in [0.1, 0.15) is 0 Å². The number of carbonyl (C=O) groups excluding carboxylic acids is 1. The van der Waals surface area contributed by atoms with Crippen LogP contribution in [0.2, 0.25) is 10.0 Å².